The van der Waals surface area contributed by atoms with Crippen LogP contribution in [0.4, 0.5) is 0 Å². The van der Waals surface area contributed by atoms with E-state index in [4.69, 9.17) is 25.2 Å². The van der Waals surface area contributed by atoms with Gasteiger partial charge in [0.05, 0.1) is 6.61 Å². The van der Waals surface area contributed by atoms with Crippen LogP contribution in [0.1, 0.15) is 13.2 Å². The van der Waals surface area contributed by atoms with Crippen molar-refractivity contribution in [2.75, 3.05) is 6.61 Å². The number of aromatic amines is 1. The van der Waals surface area contributed by atoms with E-state index in [1.165, 1.54) is 6.92 Å². The molecule has 1 saturated heterocycles. The first-order valence-corrected chi connectivity index (χ1v) is 12.5. The lowest BCUT2D eigenvalue weighted by Crippen LogP contribution is -2.55. The average molecular weight is 522 g/mol. The van der Waals surface area contributed by atoms with Crippen LogP contribution in [0.15, 0.2) is 15.9 Å². The van der Waals surface area contributed by atoms with E-state index in [1.807, 2.05) is 4.98 Å². The SMILES string of the molecule is CC#CC1(N)C(O)[C@@H](COP(=O)(O)OP(=O)(O)OP(=O)(O)O)O[C@H]1n1cnc(=O)[nH]c1=O. The summed E-state index contributed by atoms with van der Waals surface area (Å²) in [5.74, 6) is 4.82. The van der Waals surface area contributed by atoms with Crippen LogP contribution in [0.2, 0.25) is 0 Å². The van der Waals surface area contributed by atoms with Gasteiger partial charge in [-0.15, -0.1) is 5.92 Å². The fourth-order valence-electron chi connectivity index (χ4n) is 2.58. The van der Waals surface area contributed by atoms with E-state index in [9.17, 15) is 33.3 Å². The summed E-state index contributed by atoms with van der Waals surface area (Å²) in [6.07, 6.45) is -4.24. The molecule has 1 aromatic rings. The zero-order chi connectivity index (χ0) is 24.5. The summed E-state index contributed by atoms with van der Waals surface area (Å²) in [6.45, 7) is 0.281. The maximum Gasteiger partial charge on any atom is 0.490 e. The molecule has 8 N–H and O–H groups in total. The molecule has 4 unspecified atom stereocenters. The van der Waals surface area contributed by atoms with Gasteiger partial charge in [-0.3, -0.25) is 14.1 Å². The molecule has 32 heavy (non-hydrogen) atoms. The summed E-state index contributed by atoms with van der Waals surface area (Å²) >= 11 is 0. The van der Waals surface area contributed by atoms with Crippen LogP contribution in [-0.4, -0.2) is 63.6 Å². The molecule has 6 atom stereocenters. The molecule has 21 heteroatoms. The molecule has 1 aliphatic heterocycles. The smallest absolute Gasteiger partial charge is 0.387 e. The van der Waals surface area contributed by atoms with Gasteiger partial charge in [-0.05, 0) is 6.92 Å². The first kappa shape index (κ1) is 26.7. The van der Waals surface area contributed by atoms with Crippen LogP contribution >= 0.6 is 23.5 Å². The number of phosphoric acid groups is 3. The number of rotatable bonds is 8. The highest BCUT2D eigenvalue weighted by Crippen LogP contribution is 2.66. The molecule has 0 radical (unpaired) electrons. The van der Waals surface area contributed by atoms with Crippen molar-refractivity contribution in [3.05, 3.63) is 27.3 Å². The molecular weight excluding hydrogens is 505 g/mol. The summed E-state index contributed by atoms with van der Waals surface area (Å²) in [4.78, 5) is 64.0. The van der Waals surface area contributed by atoms with Gasteiger partial charge in [-0.2, -0.15) is 13.6 Å². The minimum absolute atomic E-state index is 0.680. The van der Waals surface area contributed by atoms with Gasteiger partial charge in [0.25, 0.3) is 0 Å². The highest BCUT2D eigenvalue weighted by molar-refractivity contribution is 7.66. The number of aliphatic hydroxyl groups excluding tert-OH is 1. The molecular formula is C11H17N4O14P3. The standard InChI is InChI=1S/C11H17N4O14P3/c1-2-3-11(12)7(16)6(27-8(11)15-5-13-9(17)14-10(15)18)4-26-31(22,23)29-32(24,25)28-30(19,20)21/h5-8,16H,4,12H2,1H3,(H,22,23)(H,24,25)(H,14,17,18)(H2,19,20,21)/t6-,7?,8-,11?/m1/s1. The normalized spacial score (nSPS) is 29.5. The van der Waals surface area contributed by atoms with Crippen molar-refractivity contribution in [1.29, 1.82) is 0 Å². The van der Waals surface area contributed by atoms with Crippen molar-refractivity contribution >= 4 is 23.5 Å². The Kier molecular flexibility index (Phi) is 7.82. The Hall–Kier alpha value is -1.54. The maximum atomic E-state index is 12.1. The molecule has 0 aliphatic carbocycles. The van der Waals surface area contributed by atoms with Crippen LogP contribution in [0.25, 0.3) is 0 Å². The number of aromatic nitrogens is 3. The van der Waals surface area contributed by atoms with Crippen LogP contribution in [0.3, 0.4) is 0 Å². The summed E-state index contributed by atoms with van der Waals surface area (Å²) in [5.41, 5.74) is 2.01. The average Bonchev–Trinajstić information content (AvgIpc) is 2.82. The second-order valence-corrected chi connectivity index (χ2v) is 10.5. The Labute approximate surface area is 177 Å². The number of phosphoric ester groups is 1. The topological polar surface area (TPSA) is 283 Å². The summed E-state index contributed by atoms with van der Waals surface area (Å²) < 4.78 is 51.4. The molecule has 0 aromatic carbocycles. The number of hydrogen-bond acceptors (Lipinski definition) is 12. The first-order chi connectivity index (χ1) is 14.5. The van der Waals surface area contributed by atoms with E-state index < -0.39 is 65.4 Å². The molecule has 2 heterocycles. The lowest BCUT2D eigenvalue weighted by atomic mass is 9.91. The predicted molar refractivity (Wildman–Crippen MR) is 99.2 cm³/mol. The van der Waals surface area contributed by atoms with E-state index in [2.05, 4.69) is 30.0 Å². The van der Waals surface area contributed by atoms with Gasteiger partial charge in [0.1, 0.15) is 18.5 Å². The molecule has 0 saturated carbocycles. The molecule has 0 bridgehead atoms. The van der Waals surface area contributed by atoms with Crippen molar-refractivity contribution in [1.82, 2.24) is 14.5 Å². The molecule has 2 rings (SSSR count). The number of nitrogens with zero attached hydrogens (tertiary/aromatic N) is 2. The Morgan fingerprint density at radius 3 is 2.41 bits per heavy atom. The Bertz CT molecular complexity index is 1180. The molecule has 1 aliphatic rings. The molecule has 0 spiro atoms. The minimum Gasteiger partial charge on any atom is -0.387 e. The minimum atomic E-state index is -5.76. The number of aliphatic hydroxyl groups is 1. The quantitative estimate of drug-likeness (QED) is 0.135. The van der Waals surface area contributed by atoms with E-state index >= 15 is 0 Å². The van der Waals surface area contributed by atoms with Crippen LogP contribution < -0.4 is 17.1 Å². The zero-order valence-corrected chi connectivity index (χ0v) is 18.4. The summed E-state index contributed by atoms with van der Waals surface area (Å²) in [5, 5.41) is 10.5. The van der Waals surface area contributed by atoms with Crippen molar-refractivity contribution in [3.8, 4) is 11.8 Å². The molecule has 1 fully saturated rings. The fourth-order valence-corrected chi connectivity index (χ4v) is 5.61. The van der Waals surface area contributed by atoms with Crippen molar-refractivity contribution < 1.29 is 56.3 Å². The Balaban J connectivity index is 2.24. The first-order valence-electron chi connectivity index (χ1n) is 8.02. The van der Waals surface area contributed by atoms with Gasteiger partial charge in [-0.25, -0.2) is 23.3 Å². The third kappa shape index (κ3) is 6.50. The molecule has 1 aromatic heterocycles. The number of hydrogen-bond donors (Lipinski definition) is 7. The second-order valence-electron chi connectivity index (χ2n) is 6.05. The van der Waals surface area contributed by atoms with Crippen LogP contribution in [0.5, 0.6) is 0 Å². The van der Waals surface area contributed by atoms with Crippen LogP contribution in [0, 0.1) is 11.8 Å². The lowest BCUT2D eigenvalue weighted by Gasteiger charge is -2.27. The van der Waals surface area contributed by atoms with Crippen molar-refractivity contribution in [2.45, 2.75) is 30.9 Å². The predicted octanol–water partition coefficient (Wildman–Crippen LogP) is -2.75. The highest BCUT2D eigenvalue weighted by atomic mass is 31.3. The van der Waals surface area contributed by atoms with Crippen LogP contribution in [-0.2, 0) is 31.6 Å². The van der Waals surface area contributed by atoms with E-state index in [0.29, 0.717) is 4.57 Å². The molecule has 0 amide bonds. The van der Waals surface area contributed by atoms with Crippen molar-refractivity contribution in [3.63, 3.8) is 0 Å². The van der Waals surface area contributed by atoms with E-state index in [1.54, 1.807) is 0 Å². The molecule has 18 nitrogen and oxygen atoms in total. The van der Waals surface area contributed by atoms with Gasteiger partial charge in [0, 0.05) is 0 Å². The van der Waals surface area contributed by atoms with Gasteiger partial charge >= 0.3 is 34.8 Å². The van der Waals surface area contributed by atoms with Crippen molar-refractivity contribution in [2.24, 2.45) is 5.73 Å². The number of nitrogens with one attached hydrogen (secondary N) is 1. The van der Waals surface area contributed by atoms with Gasteiger partial charge in [-0.1, -0.05) is 5.92 Å². The summed E-state index contributed by atoms with van der Waals surface area (Å²) in [7, 11) is -16.9. The monoisotopic (exact) mass is 522 g/mol. The number of ether oxygens (including phenoxy) is 1. The summed E-state index contributed by atoms with van der Waals surface area (Å²) in [6, 6.07) is 0. The van der Waals surface area contributed by atoms with E-state index in [0.717, 1.165) is 6.33 Å². The molecule has 180 valence electrons. The van der Waals surface area contributed by atoms with Gasteiger partial charge in [0.2, 0.25) is 0 Å². The Morgan fingerprint density at radius 2 is 1.88 bits per heavy atom. The zero-order valence-electron chi connectivity index (χ0n) is 15.7. The van der Waals surface area contributed by atoms with E-state index in [-0.39, 0.29) is 0 Å². The fraction of sp³-hybridized carbons (Fsp3) is 0.545. The lowest BCUT2D eigenvalue weighted by molar-refractivity contribution is -0.0472. The second kappa shape index (κ2) is 9.37. The largest absolute Gasteiger partial charge is 0.490 e. The third-order valence-electron chi connectivity index (χ3n) is 3.71. The third-order valence-corrected chi connectivity index (χ3v) is 7.52. The van der Waals surface area contributed by atoms with Gasteiger partial charge in [0.15, 0.2) is 11.8 Å². The number of H-pyrrole nitrogens is 1. The maximum absolute atomic E-state index is 12.1. The number of nitrogens with two attached hydrogens (primary N) is 1. The highest BCUT2D eigenvalue weighted by Gasteiger charge is 2.55. The van der Waals surface area contributed by atoms with Gasteiger partial charge < -0.3 is 35.2 Å². The Morgan fingerprint density at radius 1 is 1.25 bits per heavy atom.